The second-order valence-electron chi connectivity index (χ2n) is 23.8. The number of aliphatic hydroxyl groups excluding tert-OH is 2. The molecular formula is C62H86N12O17S. The first-order valence-electron chi connectivity index (χ1n) is 31.4. The van der Waals surface area contributed by atoms with Crippen LogP contribution in [-0.2, 0) is 86.4 Å². The van der Waals surface area contributed by atoms with E-state index in [4.69, 9.17) is 14.2 Å². The van der Waals surface area contributed by atoms with Crippen molar-refractivity contribution < 1.29 is 82.0 Å². The molecule has 30 heteroatoms. The molecule has 0 spiro atoms. The number of Topliss-reactive ketones (excluding diaryl/α,β-unsaturated/α-hetero) is 3. The van der Waals surface area contributed by atoms with Crippen LogP contribution in [0.3, 0.4) is 0 Å². The molecule has 0 radical (unpaired) electrons. The Morgan fingerprint density at radius 3 is 2.23 bits per heavy atom. The van der Waals surface area contributed by atoms with Gasteiger partial charge in [0, 0.05) is 113 Å². The van der Waals surface area contributed by atoms with Gasteiger partial charge in [-0.3, -0.25) is 62.4 Å². The maximum atomic E-state index is 15.0. The lowest BCUT2D eigenvalue weighted by atomic mass is 9.93. The lowest BCUT2D eigenvalue weighted by Gasteiger charge is -2.32. The number of nitrogens with one attached hydrogen (secondary N) is 7. The van der Waals surface area contributed by atoms with Crippen molar-refractivity contribution >= 4 is 93.2 Å². The van der Waals surface area contributed by atoms with Gasteiger partial charge in [-0.15, -0.1) is 16.9 Å². The Hall–Kier alpha value is -7.93. The first-order chi connectivity index (χ1) is 44.0. The fraction of sp³-hybridized carbons (Fsp3) is 0.613. The number of fused-ring (bicyclic) bond motifs is 5. The summed E-state index contributed by atoms with van der Waals surface area (Å²) < 4.78 is 18.3. The van der Waals surface area contributed by atoms with Gasteiger partial charge < -0.3 is 66.2 Å². The summed E-state index contributed by atoms with van der Waals surface area (Å²) in [5.74, 6) is -8.90. The molecule has 1 aromatic carbocycles. The second kappa shape index (κ2) is 34.7. The zero-order valence-electron chi connectivity index (χ0n) is 52.7. The number of aryl methyl sites for hydroxylation is 1. The summed E-state index contributed by atoms with van der Waals surface area (Å²) in [5.41, 5.74) is 1.36. The van der Waals surface area contributed by atoms with Crippen LogP contribution >= 0.6 is 11.8 Å². The van der Waals surface area contributed by atoms with E-state index in [1.54, 1.807) is 31.3 Å². The number of amides is 9. The van der Waals surface area contributed by atoms with Crippen LogP contribution in [0, 0.1) is 11.8 Å². The molecule has 3 aromatic rings. The van der Waals surface area contributed by atoms with E-state index in [2.05, 4.69) is 47.2 Å². The smallest absolute Gasteiger partial charge is 0.253 e. The number of rotatable bonds is 26. The van der Waals surface area contributed by atoms with Gasteiger partial charge in [-0.1, -0.05) is 38.8 Å². The molecule has 2 bridgehead atoms. The number of aromatic amines is 1. The van der Waals surface area contributed by atoms with E-state index >= 15 is 4.79 Å². The molecule has 9 amide bonds. The fourth-order valence-electron chi connectivity index (χ4n) is 11.1. The van der Waals surface area contributed by atoms with E-state index in [9.17, 15) is 63.0 Å². The number of thioether (sulfide) groups is 1. The van der Waals surface area contributed by atoms with E-state index in [-0.39, 0.29) is 68.7 Å². The number of hydrogen-bond acceptors (Lipinski definition) is 20. The van der Waals surface area contributed by atoms with E-state index in [1.807, 2.05) is 6.92 Å². The van der Waals surface area contributed by atoms with Gasteiger partial charge in [0.25, 0.3) is 11.8 Å². The van der Waals surface area contributed by atoms with Gasteiger partial charge in [-0.05, 0) is 56.2 Å². The predicted molar refractivity (Wildman–Crippen MR) is 331 cm³/mol. The average molecular weight is 1300 g/mol. The molecule has 1 saturated heterocycles. The van der Waals surface area contributed by atoms with Crippen LogP contribution in [0.1, 0.15) is 116 Å². The van der Waals surface area contributed by atoms with Crippen molar-refractivity contribution in [3.05, 3.63) is 47.8 Å². The Bertz CT molecular complexity index is 3190. The summed E-state index contributed by atoms with van der Waals surface area (Å²) in [5, 5.41) is 47.3. The molecule has 7 rings (SSSR count). The number of carbonyl (C=O) groups excluding carboxylic acids is 12. The van der Waals surface area contributed by atoms with E-state index in [1.165, 1.54) is 42.7 Å². The highest BCUT2D eigenvalue weighted by Gasteiger charge is 2.45. The van der Waals surface area contributed by atoms with Crippen molar-refractivity contribution in [1.82, 2.24) is 61.7 Å². The van der Waals surface area contributed by atoms with Gasteiger partial charge in [0.1, 0.15) is 47.5 Å². The lowest BCUT2D eigenvalue weighted by molar-refractivity contribution is -0.144. The molecule has 502 valence electrons. The Morgan fingerprint density at radius 1 is 0.761 bits per heavy atom. The second-order valence-corrected chi connectivity index (χ2v) is 24.8. The van der Waals surface area contributed by atoms with Crippen LogP contribution in [0.2, 0.25) is 0 Å². The molecule has 1 fully saturated rings. The number of benzene rings is 1. The number of hydrogen-bond donors (Lipinski definition) is 9. The van der Waals surface area contributed by atoms with E-state index < -0.39 is 139 Å². The highest BCUT2D eigenvalue weighted by atomic mass is 32.2. The molecule has 4 aliphatic rings. The molecule has 0 saturated carbocycles. The third-order valence-corrected chi connectivity index (χ3v) is 18.0. The van der Waals surface area contributed by atoms with Gasteiger partial charge in [0.2, 0.25) is 41.4 Å². The molecule has 4 aliphatic heterocycles. The number of H-pyrrole nitrogens is 1. The normalized spacial score (nSPS) is 23.4. The standard InChI is InChI=1S/C62H86N12O17S/c1-6-35(2)55-50(79)17-18-51(80)64-48-34-92-61-44(43-16-15-42(89-5)29-45(43)67-61)30-46(57(84)63-31-52(81)68-55)65-60(87)56(36(3)37(4)75)69-59(86)49-28-41(78)33-74(49)62(88)47(66-58(48)85)27-40(77)14-13-38-32-72(71-70-38)22-24-91-26-25-90-23-10-12-39(76)11-8-7-9-21-73-53(82)19-20-54(73)83/h15-16,19-20,29,32,35-37,41,46-49,55-56,67,75,78H,6-14,17-18,21-28,30-31,33-34H2,1-5H3,(H,63,84)(H,64,80)(H,65,87)(H,66,85)(H,68,81)(H,69,86)/t35-,36-,37-,41+,46-,47-,48-,49?,55+,56-/m0/s1. The van der Waals surface area contributed by atoms with Gasteiger partial charge in [0.05, 0.1) is 74.5 Å². The summed E-state index contributed by atoms with van der Waals surface area (Å²) in [7, 11) is 1.47. The van der Waals surface area contributed by atoms with E-state index in [0.717, 1.165) is 23.1 Å². The third kappa shape index (κ3) is 20.3. The van der Waals surface area contributed by atoms with Gasteiger partial charge in [-0.2, -0.15) is 0 Å². The lowest BCUT2D eigenvalue weighted by Crippen LogP contribution is -2.61. The Kier molecular flexibility index (Phi) is 26.9. The number of methoxy groups -OCH3 is 1. The summed E-state index contributed by atoms with van der Waals surface area (Å²) in [4.78, 5) is 170. The average Bonchev–Trinajstić information content (AvgIpc) is 1.87. The van der Waals surface area contributed by atoms with Crippen LogP contribution in [0.15, 0.2) is 41.6 Å². The fourth-order valence-corrected chi connectivity index (χ4v) is 12.3. The molecule has 6 heterocycles. The monoisotopic (exact) mass is 1300 g/mol. The summed E-state index contributed by atoms with van der Waals surface area (Å²) in [6, 6.07) is -3.79. The van der Waals surface area contributed by atoms with Crippen molar-refractivity contribution in [2.24, 2.45) is 11.8 Å². The number of ketones is 3. The van der Waals surface area contributed by atoms with Crippen molar-refractivity contribution in [2.45, 2.75) is 178 Å². The van der Waals surface area contributed by atoms with E-state index in [0.29, 0.717) is 97.8 Å². The maximum absolute atomic E-state index is 15.0. The minimum atomic E-state index is -1.70. The number of nitrogens with zero attached hydrogens (tertiary/aromatic N) is 5. The Balaban J connectivity index is 1.06. The summed E-state index contributed by atoms with van der Waals surface area (Å²) >= 11 is 1.04. The van der Waals surface area contributed by atoms with Crippen molar-refractivity contribution in [2.75, 3.05) is 58.9 Å². The zero-order valence-corrected chi connectivity index (χ0v) is 53.5. The van der Waals surface area contributed by atoms with Gasteiger partial charge in [-0.25, -0.2) is 4.68 Å². The zero-order chi connectivity index (χ0) is 66.6. The van der Waals surface area contributed by atoms with Crippen molar-refractivity contribution in [3.63, 3.8) is 0 Å². The highest BCUT2D eigenvalue weighted by molar-refractivity contribution is 7.99. The SMILES string of the molecule is CC[C@H](C)[C@H]1NC(=O)CNC(=O)[C@@H]2Cc3c([nH]c4cc(OC)ccc34)SC[C@H](NC(=O)CCC1=O)C(=O)N[C@@H](CC(=O)CCc1cn(CCOCCOCCCC(=O)CCCCCN3C(=O)C=CC3=O)nn1)C(=O)N1C[C@H](O)CC1C(=O)N[C@@H]([C@@H](C)[C@H](C)O)C(=O)N2. The first kappa shape index (κ1) is 71.5. The Morgan fingerprint density at radius 2 is 1.50 bits per heavy atom. The van der Waals surface area contributed by atoms with Crippen LogP contribution in [0.5, 0.6) is 5.75 Å². The summed E-state index contributed by atoms with van der Waals surface area (Å²) in [6.07, 6.45) is 3.22. The minimum Gasteiger partial charge on any atom is -0.497 e. The van der Waals surface area contributed by atoms with Gasteiger partial charge >= 0.3 is 0 Å². The van der Waals surface area contributed by atoms with Crippen LogP contribution < -0.4 is 36.6 Å². The van der Waals surface area contributed by atoms with Crippen molar-refractivity contribution in [3.8, 4) is 5.75 Å². The molecule has 29 nitrogen and oxygen atoms in total. The number of aromatic nitrogens is 4. The molecule has 0 aliphatic carbocycles. The molecule has 92 heavy (non-hydrogen) atoms. The van der Waals surface area contributed by atoms with Crippen LogP contribution in [-0.4, -0.2) is 218 Å². The molecule has 2 aromatic heterocycles. The number of aliphatic hydroxyl groups is 2. The number of ether oxygens (including phenoxy) is 3. The number of imide groups is 1. The highest BCUT2D eigenvalue weighted by Crippen LogP contribution is 2.34. The van der Waals surface area contributed by atoms with Crippen LogP contribution in [0.25, 0.3) is 10.9 Å². The van der Waals surface area contributed by atoms with Gasteiger partial charge in [0.15, 0.2) is 5.78 Å². The number of unbranched alkanes of at least 4 members (excludes halogenated alkanes) is 2. The molecular weight excluding hydrogens is 1220 g/mol. The quantitative estimate of drug-likeness (QED) is 0.0371. The first-order valence-corrected chi connectivity index (χ1v) is 32.4. The molecule has 9 N–H and O–H groups in total. The molecule has 1 unspecified atom stereocenters. The third-order valence-electron chi connectivity index (χ3n) is 16.9. The summed E-state index contributed by atoms with van der Waals surface area (Å²) in [6.45, 7) is 7.17. The Labute approximate surface area is 536 Å². The van der Waals surface area contributed by atoms with Crippen molar-refractivity contribution in [1.29, 1.82) is 0 Å². The predicted octanol–water partition coefficient (Wildman–Crippen LogP) is -0.196. The minimum absolute atomic E-state index is 0.0566. The topological polar surface area (TPSA) is 398 Å². The maximum Gasteiger partial charge on any atom is 0.253 e. The van der Waals surface area contributed by atoms with Crippen LogP contribution in [0.4, 0.5) is 0 Å². The number of carbonyl (C=O) groups is 12. The largest absolute Gasteiger partial charge is 0.497 e. The molecule has 10 atom stereocenters.